The number of aryl methyl sites for hydroxylation is 2. The quantitative estimate of drug-likeness (QED) is 0.676. The van der Waals surface area contributed by atoms with Gasteiger partial charge in [0, 0.05) is 17.7 Å². The summed E-state index contributed by atoms with van der Waals surface area (Å²) in [5.74, 6) is 0.460. The molecule has 21 heavy (non-hydrogen) atoms. The number of aliphatic hydroxyl groups is 1. The third-order valence-corrected chi connectivity index (χ3v) is 3.10. The molecule has 5 heteroatoms. The zero-order valence-electron chi connectivity index (χ0n) is 12.0. The minimum absolute atomic E-state index is 0.0576. The van der Waals surface area contributed by atoms with Gasteiger partial charge in [-0.1, -0.05) is 29.3 Å². The van der Waals surface area contributed by atoms with E-state index in [0.717, 1.165) is 16.7 Å². The van der Waals surface area contributed by atoms with Crippen molar-refractivity contribution in [2.24, 2.45) is 0 Å². The summed E-state index contributed by atoms with van der Waals surface area (Å²) in [5, 5.41) is 20.0. The van der Waals surface area contributed by atoms with Gasteiger partial charge in [-0.25, -0.2) is 0 Å². The van der Waals surface area contributed by atoms with Gasteiger partial charge in [-0.05, 0) is 25.5 Å². The van der Waals surface area contributed by atoms with E-state index in [4.69, 9.17) is 4.74 Å². The van der Waals surface area contributed by atoms with E-state index >= 15 is 0 Å². The Morgan fingerprint density at radius 2 is 1.81 bits per heavy atom. The van der Waals surface area contributed by atoms with E-state index in [9.17, 15) is 15.2 Å². The minimum atomic E-state index is -0.493. The maximum absolute atomic E-state index is 10.7. The third-order valence-electron chi connectivity index (χ3n) is 3.10. The standard InChI is InChI=1S/C16H17NO4/c1-11-5-12(2)7-13(6-11)10-21-16-4-3-15(17(19)20)8-14(16)9-18/h3-8,18H,9-10H2,1-2H3. The lowest BCUT2D eigenvalue weighted by Gasteiger charge is -2.11. The molecular formula is C16H17NO4. The molecule has 1 N–H and O–H groups in total. The van der Waals surface area contributed by atoms with Gasteiger partial charge in [-0.2, -0.15) is 0 Å². The predicted molar refractivity (Wildman–Crippen MR) is 79.3 cm³/mol. The van der Waals surface area contributed by atoms with E-state index in [1.807, 2.05) is 26.0 Å². The molecule has 0 spiro atoms. The molecule has 0 bridgehead atoms. The molecular weight excluding hydrogens is 270 g/mol. The average molecular weight is 287 g/mol. The number of aliphatic hydroxyl groups excluding tert-OH is 1. The number of hydrogen-bond acceptors (Lipinski definition) is 4. The van der Waals surface area contributed by atoms with Crippen molar-refractivity contribution in [2.75, 3.05) is 0 Å². The molecule has 5 nitrogen and oxygen atoms in total. The van der Waals surface area contributed by atoms with Crippen LogP contribution in [0.2, 0.25) is 0 Å². The van der Waals surface area contributed by atoms with E-state index < -0.39 is 4.92 Å². The number of ether oxygens (including phenoxy) is 1. The zero-order chi connectivity index (χ0) is 15.4. The summed E-state index contributed by atoms with van der Waals surface area (Å²) in [6.45, 7) is 4.08. The summed E-state index contributed by atoms with van der Waals surface area (Å²) in [6, 6.07) is 10.3. The Kier molecular flexibility index (Phi) is 4.55. The molecule has 0 heterocycles. The highest BCUT2D eigenvalue weighted by Gasteiger charge is 2.11. The highest BCUT2D eigenvalue weighted by molar-refractivity contribution is 5.43. The molecule has 0 aliphatic rings. The highest BCUT2D eigenvalue weighted by atomic mass is 16.6. The predicted octanol–water partition coefficient (Wildman–Crippen LogP) is 3.28. The van der Waals surface area contributed by atoms with Crippen molar-refractivity contribution < 1.29 is 14.8 Å². The topological polar surface area (TPSA) is 72.6 Å². The van der Waals surface area contributed by atoms with Gasteiger partial charge < -0.3 is 9.84 Å². The maximum Gasteiger partial charge on any atom is 0.270 e. The lowest BCUT2D eigenvalue weighted by atomic mass is 10.1. The summed E-state index contributed by atoms with van der Waals surface area (Å²) in [5.41, 5.74) is 3.68. The Labute approximate surface area is 123 Å². The van der Waals surface area contributed by atoms with Gasteiger partial charge in [0.1, 0.15) is 12.4 Å². The third kappa shape index (κ3) is 3.79. The Morgan fingerprint density at radius 3 is 2.38 bits per heavy atom. The van der Waals surface area contributed by atoms with Crippen molar-refractivity contribution in [3.05, 3.63) is 68.8 Å². The van der Waals surface area contributed by atoms with Crippen LogP contribution in [-0.4, -0.2) is 10.0 Å². The lowest BCUT2D eigenvalue weighted by Crippen LogP contribution is -2.00. The van der Waals surface area contributed by atoms with Crippen LogP contribution in [0.4, 0.5) is 5.69 Å². The highest BCUT2D eigenvalue weighted by Crippen LogP contribution is 2.25. The van der Waals surface area contributed by atoms with Crippen LogP contribution >= 0.6 is 0 Å². The fraction of sp³-hybridized carbons (Fsp3) is 0.250. The number of nitro groups is 1. The second-order valence-corrected chi connectivity index (χ2v) is 4.99. The Morgan fingerprint density at radius 1 is 1.14 bits per heavy atom. The molecule has 110 valence electrons. The maximum atomic E-state index is 10.7. The first-order valence-corrected chi connectivity index (χ1v) is 6.57. The molecule has 2 aromatic rings. The smallest absolute Gasteiger partial charge is 0.270 e. The van der Waals surface area contributed by atoms with Crippen LogP contribution in [-0.2, 0) is 13.2 Å². The molecule has 0 aromatic heterocycles. The Hall–Kier alpha value is -2.40. The fourth-order valence-electron chi connectivity index (χ4n) is 2.26. The van der Waals surface area contributed by atoms with Crippen molar-refractivity contribution in [2.45, 2.75) is 27.1 Å². The molecule has 0 fully saturated rings. The van der Waals surface area contributed by atoms with Crippen LogP contribution in [0.15, 0.2) is 36.4 Å². The summed E-state index contributed by atoms with van der Waals surface area (Å²) >= 11 is 0. The number of hydrogen-bond donors (Lipinski definition) is 1. The lowest BCUT2D eigenvalue weighted by molar-refractivity contribution is -0.385. The molecule has 0 atom stereocenters. The Bertz CT molecular complexity index is 647. The first-order valence-electron chi connectivity index (χ1n) is 6.57. The van der Waals surface area contributed by atoms with Gasteiger partial charge in [0.05, 0.1) is 11.5 Å². The molecule has 0 amide bonds. The minimum Gasteiger partial charge on any atom is -0.489 e. The molecule has 2 aromatic carbocycles. The van der Waals surface area contributed by atoms with Crippen LogP contribution in [0.25, 0.3) is 0 Å². The first kappa shape index (κ1) is 15.0. The van der Waals surface area contributed by atoms with Crippen LogP contribution in [0.1, 0.15) is 22.3 Å². The molecule has 0 saturated heterocycles. The van der Waals surface area contributed by atoms with E-state index in [2.05, 4.69) is 6.07 Å². The summed E-state index contributed by atoms with van der Waals surface area (Å²) < 4.78 is 5.68. The number of non-ortho nitro benzene ring substituents is 1. The monoisotopic (exact) mass is 287 g/mol. The van der Waals surface area contributed by atoms with Crippen molar-refractivity contribution >= 4 is 5.69 Å². The molecule has 0 radical (unpaired) electrons. The number of benzene rings is 2. The second-order valence-electron chi connectivity index (χ2n) is 4.99. The fourth-order valence-corrected chi connectivity index (χ4v) is 2.26. The largest absolute Gasteiger partial charge is 0.489 e. The molecule has 2 rings (SSSR count). The van der Waals surface area contributed by atoms with Crippen LogP contribution in [0.3, 0.4) is 0 Å². The first-order chi connectivity index (χ1) is 9.99. The zero-order valence-corrected chi connectivity index (χ0v) is 12.0. The normalized spacial score (nSPS) is 10.4. The number of nitro benzene ring substituents is 1. The summed E-state index contributed by atoms with van der Waals surface area (Å²) in [6.07, 6.45) is 0. The van der Waals surface area contributed by atoms with Gasteiger partial charge >= 0.3 is 0 Å². The van der Waals surface area contributed by atoms with E-state index in [1.54, 1.807) is 0 Å². The van der Waals surface area contributed by atoms with Gasteiger partial charge in [0.15, 0.2) is 0 Å². The van der Waals surface area contributed by atoms with Gasteiger partial charge in [-0.3, -0.25) is 10.1 Å². The molecule has 0 aliphatic heterocycles. The molecule has 0 saturated carbocycles. The Balaban J connectivity index is 2.17. The van der Waals surface area contributed by atoms with Gasteiger partial charge in [0.25, 0.3) is 5.69 Å². The molecule has 0 aliphatic carbocycles. The second kappa shape index (κ2) is 6.37. The van der Waals surface area contributed by atoms with E-state index in [-0.39, 0.29) is 12.3 Å². The molecule has 0 unspecified atom stereocenters. The summed E-state index contributed by atoms with van der Waals surface area (Å²) in [4.78, 5) is 10.2. The number of rotatable bonds is 5. The SMILES string of the molecule is Cc1cc(C)cc(COc2ccc([N+](=O)[O-])cc2CO)c1. The van der Waals surface area contributed by atoms with Crippen LogP contribution in [0.5, 0.6) is 5.75 Å². The van der Waals surface area contributed by atoms with Crippen molar-refractivity contribution in [1.82, 2.24) is 0 Å². The van der Waals surface area contributed by atoms with Gasteiger partial charge in [0.2, 0.25) is 0 Å². The van der Waals surface area contributed by atoms with Crippen LogP contribution < -0.4 is 4.74 Å². The summed E-state index contributed by atoms with van der Waals surface area (Å²) in [7, 11) is 0. The van der Waals surface area contributed by atoms with Crippen molar-refractivity contribution in [3.8, 4) is 5.75 Å². The van der Waals surface area contributed by atoms with E-state index in [1.165, 1.54) is 18.2 Å². The van der Waals surface area contributed by atoms with Crippen molar-refractivity contribution in [3.63, 3.8) is 0 Å². The van der Waals surface area contributed by atoms with E-state index in [0.29, 0.717) is 17.9 Å². The van der Waals surface area contributed by atoms with Crippen molar-refractivity contribution in [1.29, 1.82) is 0 Å². The number of nitrogens with zero attached hydrogens (tertiary/aromatic N) is 1. The van der Waals surface area contributed by atoms with Crippen LogP contribution in [0, 0.1) is 24.0 Å². The average Bonchev–Trinajstić information content (AvgIpc) is 2.43. The van der Waals surface area contributed by atoms with Gasteiger partial charge in [-0.15, -0.1) is 0 Å².